The third kappa shape index (κ3) is 2.72. The predicted octanol–water partition coefficient (Wildman–Crippen LogP) is 0.515. The van der Waals surface area contributed by atoms with E-state index in [4.69, 9.17) is 0 Å². The Morgan fingerprint density at radius 1 is 1.29 bits per heavy atom. The second-order valence-electron chi connectivity index (χ2n) is 5.89. The molecule has 1 aromatic rings. The standard InChI is InChI=1S/C15H23N5O/c1-2-15(4-7-16-12-15)13(21)19-8-10-20(11-9-19)14-17-5-3-6-18-14/h3,5-6,16H,2,4,7-12H2,1H3. The maximum absolute atomic E-state index is 12.8. The van der Waals surface area contributed by atoms with Gasteiger partial charge in [0.15, 0.2) is 0 Å². The van der Waals surface area contributed by atoms with Gasteiger partial charge in [0.2, 0.25) is 11.9 Å². The van der Waals surface area contributed by atoms with Gasteiger partial charge in [-0.3, -0.25) is 4.79 Å². The van der Waals surface area contributed by atoms with Crippen LogP contribution in [-0.4, -0.2) is 60.0 Å². The van der Waals surface area contributed by atoms with Gasteiger partial charge in [-0.05, 0) is 25.5 Å². The quantitative estimate of drug-likeness (QED) is 0.879. The lowest BCUT2D eigenvalue weighted by Gasteiger charge is -2.39. The fraction of sp³-hybridized carbons (Fsp3) is 0.667. The van der Waals surface area contributed by atoms with Gasteiger partial charge in [0.1, 0.15) is 0 Å². The molecule has 1 amide bonds. The number of nitrogens with zero attached hydrogens (tertiary/aromatic N) is 4. The van der Waals surface area contributed by atoms with Crippen molar-refractivity contribution in [2.75, 3.05) is 44.2 Å². The van der Waals surface area contributed by atoms with Crippen molar-refractivity contribution in [3.05, 3.63) is 18.5 Å². The topological polar surface area (TPSA) is 61.4 Å². The van der Waals surface area contributed by atoms with Crippen LogP contribution in [0.2, 0.25) is 0 Å². The average Bonchev–Trinajstić information content (AvgIpc) is 3.05. The molecule has 0 saturated carbocycles. The first-order valence-electron chi connectivity index (χ1n) is 7.77. The summed E-state index contributed by atoms with van der Waals surface area (Å²) >= 11 is 0. The van der Waals surface area contributed by atoms with Crippen LogP contribution in [0.4, 0.5) is 5.95 Å². The highest BCUT2D eigenvalue weighted by Crippen LogP contribution is 2.32. The van der Waals surface area contributed by atoms with Crippen LogP contribution in [-0.2, 0) is 4.79 Å². The molecule has 1 atom stereocenters. The van der Waals surface area contributed by atoms with Gasteiger partial charge in [0.25, 0.3) is 0 Å². The maximum Gasteiger partial charge on any atom is 0.230 e. The van der Waals surface area contributed by atoms with Gasteiger partial charge in [-0.25, -0.2) is 9.97 Å². The normalized spacial score (nSPS) is 26.1. The minimum Gasteiger partial charge on any atom is -0.339 e. The van der Waals surface area contributed by atoms with Gasteiger partial charge in [-0.1, -0.05) is 6.92 Å². The summed E-state index contributed by atoms with van der Waals surface area (Å²) in [5.74, 6) is 1.08. The van der Waals surface area contributed by atoms with Gasteiger partial charge in [0.05, 0.1) is 5.41 Å². The van der Waals surface area contributed by atoms with Gasteiger partial charge >= 0.3 is 0 Å². The zero-order valence-electron chi connectivity index (χ0n) is 12.6. The Hall–Kier alpha value is -1.69. The lowest BCUT2D eigenvalue weighted by Crippen LogP contribution is -2.54. The van der Waals surface area contributed by atoms with E-state index in [1.54, 1.807) is 12.4 Å². The molecule has 0 aliphatic carbocycles. The molecule has 3 rings (SSSR count). The van der Waals surface area contributed by atoms with E-state index >= 15 is 0 Å². The van der Waals surface area contributed by atoms with E-state index in [1.807, 2.05) is 11.0 Å². The molecule has 6 nitrogen and oxygen atoms in total. The number of carbonyl (C=O) groups excluding carboxylic acids is 1. The summed E-state index contributed by atoms with van der Waals surface area (Å²) in [5.41, 5.74) is -0.175. The predicted molar refractivity (Wildman–Crippen MR) is 81.0 cm³/mol. The Morgan fingerprint density at radius 3 is 2.57 bits per heavy atom. The molecular weight excluding hydrogens is 266 g/mol. The lowest BCUT2D eigenvalue weighted by atomic mass is 9.82. The molecule has 114 valence electrons. The van der Waals surface area contributed by atoms with Crippen LogP contribution < -0.4 is 10.2 Å². The molecule has 2 fully saturated rings. The SMILES string of the molecule is CCC1(C(=O)N2CCN(c3ncccn3)CC2)CCNC1. The van der Waals surface area contributed by atoms with Crippen LogP contribution in [0.1, 0.15) is 19.8 Å². The summed E-state index contributed by atoms with van der Waals surface area (Å²) in [4.78, 5) is 25.6. The number of hydrogen-bond donors (Lipinski definition) is 1. The van der Waals surface area contributed by atoms with E-state index in [0.29, 0.717) is 5.91 Å². The molecule has 0 bridgehead atoms. The minimum absolute atomic E-state index is 0.175. The van der Waals surface area contributed by atoms with Crippen LogP contribution in [0, 0.1) is 5.41 Å². The molecule has 1 unspecified atom stereocenters. The molecule has 6 heteroatoms. The number of nitrogens with one attached hydrogen (secondary N) is 1. The highest BCUT2D eigenvalue weighted by atomic mass is 16.2. The zero-order chi connectivity index (χ0) is 14.7. The Labute approximate surface area is 125 Å². The van der Waals surface area contributed by atoms with Crippen molar-refractivity contribution in [2.45, 2.75) is 19.8 Å². The summed E-state index contributed by atoms with van der Waals surface area (Å²) in [5, 5.41) is 3.34. The lowest BCUT2D eigenvalue weighted by molar-refractivity contribution is -0.141. The number of aromatic nitrogens is 2. The summed E-state index contributed by atoms with van der Waals surface area (Å²) < 4.78 is 0. The van der Waals surface area contributed by atoms with Crippen LogP contribution >= 0.6 is 0 Å². The van der Waals surface area contributed by atoms with Crippen LogP contribution in [0.25, 0.3) is 0 Å². The molecule has 1 aromatic heterocycles. The van der Waals surface area contributed by atoms with Crippen molar-refractivity contribution in [3.8, 4) is 0 Å². The van der Waals surface area contributed by atoms with Crippen molar-refractivity contribution in [1.82, 2.24) is 20.2 Å². The molecule has 2 aliphatic heterocycles. The second-order valence-corrected chi connectivity index (χ2v) is 5.89. The molecule has 0 radical (unpaired) electrons. The molecule has 2 aliphatic rings. The first kappa shape index (κ1) is 14.3. The van der Waals surface area contributed by atoms with Crippen LogP contribution in [0.5, 0.6) is 0 Å². The Morgan fingerprint density at radius 2 is 2.00 bits per heavy atom. The van der Waals surface area contributed by atoms with Crippen molar-refractivity contribution >= 4 is 11.9 Å². The number of piperazine rings is 1. The highest BCUT2D eigenvalue weighted by Gasteiger charge is 2.42. The van der Waals surface area contributed by atoms with E-state index in [0.717, 1.165) is 58.1 Å². The van der Waals surface area contributed by atoms with Crippen molar-refractivity contribution in [3.63, 3.8) is 0 Å². The van der Waals surface area contributed by atoms with Gasteiger partial charge < -0.3 is 15.1 Å². The first-order chi connectivity index (χ1) is 10.2. The molecule has 0 spiro atoms. The molecular formula is C15H23N5O. The van der Waals surface area contributed by atoms with E-state index in [1.165, 1.54) is 0 Å². The Bertz CT molecular complexity index is 478. The van der Waals surface area contributed by atoms with Crippen molar-refractivity contribution in [1.29, 1.82) is 0 Å². The highest BCUT2D eigenvalue weighted by molar-refractivity contribution is 5.83. The largest absolute Gasteiger partial charge is 0.339 e. The number of hydrogen-bond acceptors (Lipinski definition) is 5. The molecule has 0 aromatic carbocycles. The monoisotopic (exact) mass is 289 g/mol. The van der Waals surface area contributed by atoms with Gasteiger partial charge in [0, 0.05) is 45.1 Å². The Kier molecular flexibility index (Phi) is 4.05. The third-order valence-electron chi connectivity index (χ3n) is 4.78. The summed E-state index contributed by atoms with van der Waals surface area (Å²) in [7, 11) is 0. The minimum atomic E-state index is -0.175. The summed E-state index contributed by atoms with van der Waals surface area (Å²) in [6, 6.07) is 1.82. The number of amides is 1. The van der Waals surface area contributed by atoms with Crippen LogP contribution in [0.15, 0.2) is 18.5 Å². The first-order valence-corrected chi connectivity index (χ1v) is 7.77. The van der Waals surface area contributed by atoms with Crippen molar-refractivity contribution < 1.29 is 4.79 Å². The fourth-order valence-corrected chi connectivity index (χ4v) is 3.28. The Balaban J connectivity index is 1.62. The van der Waals surface area contributed by atoms with E-state index in [-0.39, 0.29) is 5.41 Å². The third-order valence-corrected chi connectivity index (χ3v) is 4.78. The number of rotatable bonds is 3. The van der Waals surface area contributed by atoms with E-state index in [9.17, 15) is 4.79 Å². The average molecular weight is 289 g/mol. The van der Waals surface area contributed by atoms with E-state index < -0.39 is 0 Å². The molecule has 2 saturated heterocycles. The summed E-state index contributed by atoms with van der Waals surface area (Å²) in [6.07, 6.45) is 5.40. The smallest absolute Gasteiger partial charge is 0.230 e. The molecule has 1 N–H and O–H groups in total. The number of carbonyl (C=O) groups is 1. The molecule has 21 heavy (non-hydrogen) atoms. The maximum atomic E-state index is 12.8. The fourth-order valence-electron chi connectivity index (χ4n) is 3.28. The summed E-state index contributed by atoms with van der Waals surface area (Å²) in [6.45, 7) is 7.05. The van der Waals surface area contributed by atoms with E-state index in [2.05, 4.69) is 27.1 Å². The van der Waals surface area contributed by atoms with Gasteiger partial charge in [-0.2, -0.15) is 0 Å². The zero-order valence-corrected chi connectivity index (χ0v) is 12.6. The van der Waals surface area contributed by atoms with Crippen LogP contribution in [0.3, 0.4) is 0 Å². The van der Waals surface area contributed by atoms with Gasteiger partial charge in [-0.15, -0.1) is 0 Å². The number of anilines is 1. The molecule has 3 heterocycles. The van der Waals surface area contributed by atoms with Crippen molar-refractivity contribution in [2.24, 2.45) is 5.41 Å². The second kappa shape index (κ2) is 5.97.